The summed E-state index contributed by atoms with van der Waals surface area (Å²) >= 11 is 0. The van der Waals surface area contributed by atoms with Crippen molar-refractivity contribution in [3.63, 3.8) is 0 Å². The SMILES string of the molecule is CCOc1ccc(C2=C(N(CC)c3ccccc3)C(=O)N(c3cccc(OC)c3)C2=O)cc1. The molecule has 0 N–H and O–H groups in total. The molecule has 0 aliphatic carbocycles. The summed E-state index contributed by atoms with van der Waals surface area (Å²) in [7, 11) is 1.55. The van der Waals surface area contributed by atoms with Gasteiger partial charge in [0.25, 0.3) is 11.8 Å². The molecule has 3 aromatic rings. The third-order valence-electron chi connectivity index (χ3n) is 5.48. The van der Waals surface area contributed by atoms with Crippen molar-refractivity contribution in [2.75, 3.05) is 30.1 Å². The van der Waals surface area contributed by atoms with Crippen LogP contribution in [0.15, 0.2) is 84.6 Å². The van der Waals surface area contributed by atoms with Crippen LogP contribution in [0.5, 0.6) is 11.5 Å². The van der Waals surface area contributed by atoms with Crippen LogP contribution in [0.25, 0.3) is 5.57 Å². The van der Waals surface area contributed by atoms with Gasteiger partial charge in [0.15, 0.2) is 0 Å². The van der Waals surface area contributed by atoms with Crippen LogP contribution in [0.1, 0.15) is 19.4 Å². The number of imide groups is 1. The van der Waals surface area contributed by atoms with Crippen molar-refractivity contribution in [3.8, 4) is 11.5 Å². The smallest absolute Gasteiger partial charge is 0.282 e. The highest BCUT2D eigenvalue weighted by Crippen LogP contribution is 2.37. The van der Waals surface area contributed by atoms with E-state index in [4.69, 9.17) is 9.47 Å². The lowest BCUT2D eigenvalue weighted by Gasteiger charge is -2.25. The maximum absolute atomic E-state index is 13.8. The van der Waals surface area contributed by atoms with E-state index in [9.17, 15) is 9.59 Å². The highest BCUT2D eigenvalue weighted by molar-refractivity contribution is 6.46. The second kappa shape index (κ2) is 9.61. The van der Waals surface area contributed by atoms with Crippen molar-refractivity contribution in [1.29, 1.82) is 0 Å². The zero-order valence-electron chi connectivity index (χ0n) is 18.9. The number of ether oxygens (including phenoxy) is 2. The molecule has 0 atom stereocenters. The molecule has 1 heterocycles. The van der Waals surface area contributed by atoms with E-state index in [1.165, 1.54) is 4.90 Å². The molecule has 0 saturated carbocycles. The number of nitrogens with zero attached hydrogens (tertiary/aromatic N) is 2. The van der Waals surface area contributed by atoms with Crippen molar-refractivity contribution in [2.24, 2.45) is 0 Å². The third-order valence-corrected chi connectivity index (χ3v) is 5.48. The highest BCUT2D eigenvalue weighted by atomic mass is 16.5. The number of rotatable bonds is 8. The number of anilines is 2. The third kappa shape index (κ3) is 4.20. The number of likely N-dealkylation sites (N-methyl/N-ethyl adjacent to an activating group) is 1. The van der Waals surface area contributed by atoms with Crippen LogP contribution in [0.4, 0.5) is 11.4 Å². The standard InChI is InChI=1S/C27H26N2O4/c1-4-28(20-10-7-6-8-11-20)25-24(19-14-16-22(17-15-19)33-5-2)26(30)29(27(25)31)21-12-9-13-23(18-21)32-3/h6-18H,4-5H2,1-3H3. The van der Waals surface area contributed by atoms with Crippen LogP contribution in [0.3, 0.4) is 0 Å². The second-order valence-corrected chi connectivity index (χ2v) is 7.41. The van der Waals surface area contributed by atoms with Gasteiger partial charge < -0.3 is 14.4 Å². The summed E-state index contributed by atoms with van der Waals surface area (Å²) in [5, 5.41) is 0. The highest BCUT2D eigenvalue weighted by Gasteiger charge is 2.42. The molecule has 33 heavy (non-hydrogen) atoms. The first-order valence-corrected chi connectivity index (χ1v) is 10.9. The average Bonchev–Trinajstić information content (AvgIpc) is 3.11. The lowest BCUT2D eigenvalue weighted by molar-refractivity contribution is -0.120. The Bertz CT molecular complexity index is 1190. The Labute approximate surface area is 193 Å². The van der Waals surface area contributed by atoms with E-state index in [-0.39, 0.29) is 11.8 Å². The quantitative estimate of drug-likeness (QED) is 0.464. The number of hydrogen-bond acceptors (Lipinski definition) is 5. The Kier molecular flexibility index (Phi) is 6.45. The first-order valence-electron chi connectivity index (χ1n) is 10.9. The lowest BCUT2D eigenvalue weighted by atomic mass is 10.0. The molecule has 0 saturated heterocycles. The van der Waals surface area contributed by atoms with Gasteiger partial charge in [-0.3, -0.25) is 9.59 Å². The van der Waals surface area contributed by atoms with Crippen molar-refractivity contribution in [3.05, 3.63) is 90.1 Å². The summed E-state index contributed by atoms with van der Waals surface area (Å²) in [6, 6.07) is 23.8. The first-order chi connectivity index (χ1) is 16.1. The molecular weight excluding hydrogens is 416 g/mol. The Morgan fingerprint density at radius 2 is 1.55 bits per heavy atom. The lowest BCUT2D eigenvalue weighted by Crippen LogP contribution is -2.35. The van der Waals surface area contributed by atoms with E-state index in [2.05, 4.69) is 0 Å². The molecule has 0 spiro atoms. The normalized spacial score (nSPS) is 13.5. The van der Waals surface area contributed by atoms with E-state index in [0.717, 1.165) is 5.69 Å². The predicted octanol–water partition coefficient (Wildman–Crippen LogP) is 4.90. The number of para-hydroxylation sites is 1. The molecule has 0 aromatic heterocycles. The van der Waals surface area contributed by atoms with Crippen molar-refractivity contribution in [1.82, 2.24) is 0 Å². The van der Waals surface area contributed by atoms with Gasteiger partial charge >= 0.3 is 0 Å². The topological polar surface area (TPSA) is 59.1 Å². The zero-order chi connectivity index (χ0) is 23.4. The maximum atomic E-state index is 13.8. The number of hydrogen-bond donors (Lipinski definition) is 0. The molecule has 6 nitrogen and oxygen atoms in total. The Hall–Kier alpha value is -4.06. The fourth-order valence-electron chi connectivity index (χ4n) is 3.98. The summed E-state index contributed by atoms with van der Waals surface area (Å²) in [6.45, 7) is 4.94. The molecule has 6 heteroatoms. The van der Waals surface area contributed by atoms with Crippen molar-refractivity contribution >= 4 is 28.8 Å². The summed E-state index contributed by atoms with van der Waals surface area (Å²) in [4.78, 5) is 30.6. The number of benzene rings is 3. The first kappa shape index (κ1) is 22.1. The molecule has 4 rings (SSSR count). The van der Waals surface area contributed by atoms with Crippen LogP contribution >= 0.6 is 0 Å². The summed E-state index contributed by atoms with van der Waals surface area (Å²) < 4.78 is 10.9. The number of carbonyl (C=O) groups is 2. The molecule has 1 aliphatic rings. The minimum absolute atomic E-state index is 0.348. The molecule has 0 unspecified atom stereocenters. The van der Waals surface area contributed by atoms with Gasteiger partial charge in [-0.1, -0.05) is 36.4 Å². The molecule has 2 amide bonds. The van der Waals surface area contributed by atoms with Gasteiger partial charge in [-0.25, -0.2) is 4.90 Å². The predicted molar refractivity (Wildman–Crippen MR) is 129 cm³/mol. The Balaban J connectivity index is 1.87. The Morgan fingerprint density at radius 1 is 0.818 bits per heavy atom. The fourth-order valence-corrected chi connectivity index (χ4v) is 3.98. The molecule has 0 fully saturated rings. The van der Waals surface area contributed by atoms with Gasteiger partial charge in [0.05, 0.1) is 25.0 Å². The number of amides is 2. The van der Waals surface area contributed by atoms with Gasteiger partial charge in [-0.2, -0.15) is 0 Å². The largest absolute Gasteiger partial charge is 0.497 e. The molecule has 1 aliphatic heterocycles. The number of carbonyl (C=O) groups excluding carboxylic acids is 2. The minimum atomic E-state index is -0.373. The van der Waals surface area contributed by atoms with Crippen LogP contribution in [-0.2, 0) is 9.59 Å². The van der Waals surface area contributed by atoms with Gasteiger partial charge in [0.2, 0.25) is 0 Å². The van der Waals surface area contributed by atoms with E-state index >= 15 is 0 Å². The molecule has 3 aromatic carbocycles. The molecule has 0 bridgehead atoms. The Morgan fingerprint density at radius 3 is 2.18 bits per heavy atom. The van der Waals surface area contributed by atoms with Crippen molar-refractivity contribution < 1.29 is 19.1 Å². The van der Waals surface area contributed by atoms with E-state index < -0.39 is 0 Å². The van der Waals surface area contributed by atoms with Crippen LogP contribution in [0, 0.1) is 0 Å². The summed E-state index contributed by atoms with van der Waals surface area (Å²) in [6.07, 6.45) is 0. The van der Waals surface area contributed by atoms with Crippen molar-refractivity contribution in [2.45, 2.75) is 13.8 Å². The van der Waals surface area contributed by atoms with Gasteiger partial charge in [-0.15, -0.1) is 0 Å². The van der Waals surface area contributed by atoms with E-state index in [1.54, 1.807) is 31.4 Å². The average molecular weight is 443 g/mol. The van der Waals surface area contributed by atoms with Crippen LogP contribution < -0.4 is 19.3 Å². The molecular formula is C27H26N2O4. The fraction of sp³-hybridized carbons (Fsp3) is 0.185. The van der Waals surface area contributed by atoms with Crippen LogP contribution in [-0.4, -0.2) is 32.1 Å². The second-order valence-electron chi connectivity index (χ2n) is 7.41. The monoisotopic (exact) mass is 442 g/mol. The van der Waals surface area contributed by atoms with E-state index in [0.29, 0.717) is 47.2 Å². The van der Waals surface area contributed by atoms with Gasteiger partial charge in [-0.05, 0) is 55.8 Å². The van der Waals surface area contributed by atoms with Gasteiger partial charge in [0, 0.05) is 18.3 Å². The zero-order valence-corrected chi connectivity index (χ0v) is 18.9. The molecule has 168 valence electrons. The minimum Gasteiger partial charge on any atom is -0.497 e. The van der Waals surface area contributed by atoms with Crippen LogP contribution in [0.2, 0.25) is 0 Å². The van der Waals surface area contributed by atoms with E-state index in [1.807, 2.05) is 73.3 Å². The van der Waals surface area contributed by atoms with Gasteiger partial charge in [0.1, 0.15) is 17.2 Å². The summed E-state index contributed by atoms with van der Waals surface area (Å²) in [5.41, 5.74) is 2.67. The molecule has 0 radical (unpaired) electrons. The summed E-state index contributed by atoms with van der Waals surface area (Å²) in [5.74, 6) is 0.532. The maximum Gasteiger partial charge on any atom is 0.282 e. The number of methoxy groups -OCH3 is 1.